The second-order valence-corrected chi connectivity index (χ2v) is 3.61. The Bertz CT molecular complexity index is 612. The van der Waals surface area contributed by atoms with Gasteiger partial charge in [0.2, 0.25) is 0 Å². The van der Waals surface area contributed by atoms with E-state index in [1.807, 2.05) is 48.9 Å². The molecule has 0 spiro atoms. The molecular weight excluding hydrogens is 196 g/mol. The number of rotatable bonds is 1. The smallest absolute Gasteiger partial charge is 0.0708 e. The van der Waals surface area contributed by atoms with Crippen molar-refractivity contribution in [3.05, 3.63) is 61.1 Å². The largest absolute Gasteiger partial charge is 0.265 e. The molecule has 3 rings (SSSR count). The Morgan fingerprint density at radius 2 is 1.62 bits per heavy atom. The molecule has 0 bridgehead atoms. The number of benzene rings is 1. The zero-order valence-corrected chi connectivity index (χ0v) is 8.67. The maximum atomic E-state index is 4.35. The number of hydrogen-bond acceptors (Lipinski definition) is 2. The van der Waals surface area contributed by atoms with E-state index in [2.05, 4.69) is 22.1 Å². The van der Waals surface area contributed by atoms with Gasteiger partial charge in [-0.25, -0.2) is 0 Å². The lowest BCUT2D eigenvalue weighted by atomic mass is 10.0. The van der Waals surface area contributed by atoms with Crippen molar-refractivity contribution in [2.45, 2.75) is 0 Å². The van der Waals surface area contributed by atoms with E-state index in [9.17, 15) is 0 Å². The molecule has 0 aliphatic heterocycles. The summed E-state index contributed by atoms with van der Waals surface area (Å²) in [6, 6.07) is 14.3. The van der Waals surface area contributed by atoms with Crippen molar-refractivity contribution in [1.82, 2.24) is 9.97 Å². The van der Waals surface area contributed by atoms with E-state index >= 15 is 0 Å². The standard InChI is InChI=1S/C14H10N2/c1-3-12(11-6-9-15-10-7-11)13-4-2-8-16-14(13)5-1/h1-10H. The van der Waals surface area contributed by atoms with Crippen molar-refractivity contribution in [1.29, 1.82) is 0 Å². The quantitative estimate of drug-likeness (QED) is 0.610. The Balaban J connectivity index is 2.32. The molecule has 0 aliphatic carbocycles. The Morgan fingerprint density at radius 3 is 2.50 bits per heavy atom. The predicted molar refractivity (Wildman–Crippen MR) is 65.0 cm³/mol. The molecule has 1 aromatic carbocycles. The Morgan fingerprint density at radius 1 is 0.750 bits per heavy atom. The van der Waals surface area contributed by atoms with Crippen molar-refractivity contribution in [3.8, 4) is 11.1 Å². The molecule has 0 unspecified atom stereocenters. The van der Waals surface area contributed by atoms with Crippen LogP contribution < -0.4 is 0 Å². The normalized spacial score (nSPS) is 10.5. The van der Waals surface area contributed by atoms with Crippen molar-refractivity contribution >= 4 is 10.9 Å². The lowest BCUT2D eigenvalue weighted by molar-refractivity contribution is 1.33. The molecule has 2 heterocycles. The Labute approximate surface area is 93.6 Å². The lowest BCUT2D eigenvalue weighted by Gasteiger charge is -2.05. The minimum Gasteiger partial charge on any atom is -0.265 e. The Kier molecular flexibility index (Phi) is 2.11. The zero-order chi connectivity index (χ0) is 10.8. The highest BCUT2D eigenvalue weighted by atomic mass is 14.6. The molecular formula is C14H10N2. The number of aromatic nitrogens is 2. The summed E-state index contributed by atoms with van der Waals surface area (Å²) >= 11 is 0. The number of hydrogen-bond donors (Lipinski definition) is 0. The first-order valence-corrected chi connectivity index (χ1v) is 5.19. The molecule has 0 radical (unpaired) electrons. The van der Waals surface area contributed by atoms with Gasteiger partial charge in [0.25, 0.3) is 0 Å². The van der Waals surface area contributed by atoms with Crippen molar-refractivity contribution in [2.75, 3.05) is 0 Å². The van der Waals surface area contributed by atoms with E-state index in [4.69, 9.17) is 0 Å². The van der Waals surface area contributed by atoms with E-state index in [1.54, 1.807) is 0 Å². The first-order valence-electron chi connectivity index (χ1n) is 5.19. The monoisotopic (exact) mass is 206 g/mol. The maximum absolute atomic E-state index is 4.35. The van der Waals surface area contributed by atoms with Gasteiger partial charge < -0.3 is 0 Å². The highest BCUT2D eigenvalue weighted by Gasteiger charge is 2.02. The van der Waals surface area contributed by atoms with Crippen molar-refractivity contribution < 1.29 is 0 Å². The van der Waals surface area contributed by atoms with Crippen LogP contribution in [0.1, 0.15) is 0 Å². The van der Waals surface area contributed by atoms with E-state index < -0.39 is 0 Å². The third-order valence-corrected chi connectivity index (χ3v) is 2.64. The van der Waals surface area contributed by atoms with Crippen molar-refractivity contribution in [2.24, 2.45) is 0 Å². The molecule has 76 valence electrons. The topological polar surface area (TPSA) is 25.8 Å². The molecule has 0 N–H and O–H groups in total. The molecule has 0 atom stereocenters. The van der Waals surface area contributed by atoms with E-state index in [1.165, 1.54) is 16.5 Å². The van der Waals surface area contributed by atoms with Crippen LogP contribution in [0.3, 0.4) is 0 Å². The second kappa shape index (κ2) is 3.74. The average Bonchev–Trinajstić information content (AvgIpc) is 2.39. The van der Waals surface area contributed by atoms with Crippen LogP contribution >= 0.6 is 0 Å². The second-order valence-electron chi connectivity index (χ2n) is 3.61. The fourth-order valence-electron chi connectivity index (χ4n) is 1.89. The van der Waals surface area contributed by atoms with Gasteiger partial charge in [0.05, 0.1) is 5.52 Å². The van der Waals surface area contributed by atoms with Gasteiger partial charge in [-0.05, 0) is 35.4 Å². The summed E-state index contributed by atoms with van der Waals surface area (Å²) in [6.45, 7) is 0. The third-order valence-electron chi connectivity index (χ3n) is 2.64. The molecule has 2 heteroatoms. The van der Waals surface area contributed by atoms with E-state index in [0.717, 1.165) is 5.52 Å². The molecule has 0 aliphatic rings. The Hall–Kier alpha value is -2.22. The summed E-state index contributed by atoms with van der Waals surface area (Å²) in [6.07, 6.45) is 5.44. The molecule has 0 saturated heterocycles. The van der Waals surface area contributed by atoms with Gasteiger partial charge in [-0.2, -0.15) is 0 Å². The third kappa shape index (κ3) is 1.44. The van der Waals surface area contributed by atoms with Gasteiger partial charge in [-0.1, -0.05) is 18.2 Å². The summed E-state index contributed by atoms with van der Waals surface area (Å²) in [5.41, 5.74) is 3.40. The van der Waals surface area contributed by atoms with Crippen LogP contribution in [-0.2, 0) is 0 Å². The van der Waals surface area contributed by atoms with Crippen LogP contribution in [0.15, 0.2) is 61.1 Å². The number of pyridine rings is 2. The molecule has 2 nitrogen and oxygen atoms in total. The summed E-state index contributed by atoms with van der Waals surface area (Å²) in [5, 5.41) is 1.18. The van der Waals surface area contributed by atoms with Gasteiger partial charge in [-0.15, -0.1) is 0 Å². The van der Waals surface area contributed by atoms with Crippen LogP contribution in [0.2, 0.25) is 0 Å². The SMILES string of the molecule is c1cc(-c2ccncc2)c2cccnc2c1. The molecule has 0 fully saturated rings. The molecule has 16 heavy (non-hydrogen) atoms. The highest BCUT2D eigenvalue weighted by Crippen LogP contribution is 2.26. The fourth-order valence-corrected chi connectivity index (χ4v) is 1.89. The van der Waals surface area contributed by atoms with Gasteiger partial charge in [0.1, 0.15) is 0 Å². The number of nitrogens with zero attached hydrogens (tertiary/aromatic N) is 2. The summed E-state index contributed by atoms with van der Waals surface area (Å²) in [5.74, 6) is 0. The maximum Gasteiger partial charge on any atom is 0.0708 e. The van der Waals surface area contributed by atoms with Crippen LogP contribution in [0.5, 0.6) is 0 Å². The van der Waals surface area contributed by atoms with Gasteiger partial charge in [-0.3, -0.25) is 9.97 Å². The fraction of sp³-hybridized carbons (Fsp3) is 0. The first-order chi connectivity index (χ1) is 7.95. The first kappa shape index (κ1) is 9.04. The van der Waals surface area contributed by atoms with Crippen LogP contribution in [0.4, 0.5) is 0 Å². The summed E-state index contributed by atoms with van der Waals surface area (Å²) < 4.78 is 0. The van der Waals surface area contributed by atoms with E-state index in [0.29, 0.717) is 0 Å². The van der Waals surface area contributed by atoms with Crippen LogP contribution in [0, 0.1) is 0 Å². The minimum absolute atomic E-state index is 1.02. The zero-order valence-electron chi connectivity index (χ0n) is 8.67. The van der Waals surface area contributed by atoms with Gasteiger partial charge in [0, 0.05) is 24.0 Å². The van der Waals surface area contributed by atoms with Crippen LogP contribution in [0.25, 0.3) is 22.0 Å². The van der Waals surface area contributed by atoms with Gasteiger partial charge >= 0.3 is 0 Å². The minimum atomic E-state index is 1.02. The van der Waals surface area contributed by atoms with Crippen LogP contribution in [-0.4, -0.2) is 9.97 Å². The lowest BCUT2D eigenvalue weighted by Crippen LogP contribution is -1.83. The number of fused-ring (bicyclic) bond motifs is 1. The van der Waals surface area contributed by atoms with Crippen molar-refractivity contribution in [3.63, 3.8) is 0 Å². The molecule has 0 saturated carbocycles. The van der Waals surface area contributed by atoms with Gasteiger partial charge in [0.15, 0.2) is 0 Å². The molecule has 2 aromatic heterocycles. The summed E-state index contributed by atoms with van der Waals surface area (Å²) in [7, 11) is 0. The summed E-state index contributed by atoms with van der Waals surface area (Å²) in [4.78, 5) is 8.39. The average molecular weight is 206 g/mol. The highest BCUT2D eigenvalue weighted by molar-refractivity contribution is 5.94. The molecule has 0 amide bonds. The van der Waals surface area contributed by atoms with E-state index in [-0.39, 0.29) is 0 Å². The molecule has 3 aromatic rings. The predicted octanol–water partition coefficient (Wildman–Crippen LogP) is 3.30.